The molecule has 0 aromatic rings. The smallest absolute Gasteiger partial charge is 0.357 e. The van der Waals surface area contributed by atoms with Gasteiger partial charge in [0.15, 0.2) is 5.96 Å². The molecule has 0 radical (unpaired) electrons. The zero-order valence-corrected chi connectivity index (χ0v) is 19.0. The van der Waals surface area contributed by atoms with Gasteiger partial charge in [-0.05, 0) is 46.1 Å². The molecule has 0 aliphatic heterocycles. The molecule has 0 spiro atoms. The van der Waals surface area contributed by atoms with E-state index in [0.29, 0.717) is 18.5 Å². The molecular formula is C18H33F3IN5O. The second-order valence-electron chi connectivity index (χ2n) is 7.60. The summed E-state index contributed by atoms with van der Waals surface area (Å²) in [5, 5.41) is 9.56. The number of aliphatic imine (C=N–C) groups is 1. The van der Waals surface area contributed by atoms with Gasteiger partial charge in [0.25, 0.3) is 0 Å². The Balaban J connectivity index is 0.00000392. The van der Waals surface area contributed by atoms with Gasteiger partial charge in [-0.2, -0.15) is 13.2 Å². The molecule has 0 aromatic carbocycles. The van der Waals surface area contributed by atoms with Crippen LogP contribution in [-0.4, -0.2) is 68.3 Å². The molecular weight excluding hydrogens is 486 g/mol. The molecule has 2 aliphatic carbocycles. The van der Waals surface area contributed by atoms with E-state index in [4.69, 9.17) is 0 Å². The Kier molecular flexibility index (Phi) is 10.9. The largest absolute Gasteiger partial charge is 0.401 e. The fourth-order valence-corrected chi connectivity index (χ4v) is 3.34. The van der Waals surface area contributed by atoms with Crippen LogP contribution in [0, 0.1) is 5.92 Å². The molecule has 0 heterocycles. The fourth-order valence-electron chi connectivity index (χ4n) is 3.34. The Morgan fingerprint density at radius 1 is 1.14 bits per heavy atom. The zero-order chi connectivity index (χ0) is 19.9. The zero-order valence-electron chi connectivity index (χ0n) is 16.6. The molecule has 0 saturated heterocycles. The van der Waals surface area contributed by atoms with Crippen LogP contribution in [0.15, 0.2) is 4.99 Å². The highest BCUT2D eigenvalue weighted by Crippen LogP contribution is 2.26. The van der Waals surface area contributed by atoms with Crippen LogP contribution in [0.1, 0.15) is 45.4 Å². The van der Waals surface area contributed by atoms with Gasteiger partial charge in [-0.3, -0.25) is 14.7 Å². The molecule has 28 heavy (non-hydrogen) atoms. The summed E-state index contributed by atoms with van der Waals surface area (Å²) in [7, 11) is 1.44. The number of amides is 1. The molecule has 2 rings (SSSR count). The van der Waals surface area contributed by atoms with Gasteiger partial charge in [-0.15, -0.1) is 24.0 Å². The molecule has 164 valence electrons. The predicted molar refractivity (Wildman–Crippen MR) is 115 cm³/mol. The summed E-state index contributed by atoms with van der Waals surface area (Å²) in [4.78, 5) is 17.9. The second-order valence-corrected chi connectivity index (χ2v) is 7.60. The number of carbonyl (C=O) groups is 1. The van der Waals surface area contributed by atoms with Crippen molar-refractivity contribution in [2.24, 2.45) is 10.9 Å². The SMILES string of the molecule is CCNC(=NCCN(C)CC(F)(F)F)NC1CCCC(C(=O)NC2CC2)C1.I. The Hall–Kier alpha value is -0.780. The highest BCUT2D eigenvalue weighted by molar-refractivity contribution is 14.0. The minimum Gasteiger partial charge on any atom is -0.357 e. The van der Waals surface area contributed by atoms with Gasteiger partial charge in [-0.25, -0.2) is 0 Å². The molecule has 0 aromatic heterocycles. The van der Waals surface area contributed by atoms with Gasteiger partial charge < -0.3 is 16.0 Å². The molecule has 10 heteroatoms. The lowest BCUT2D eigenvalue weighted by Crippen LogP contribution is -2.47. The lowest BCUT2D eigenvalue weighted by atomic mass is 9.85. The number of hydrogen-bond donors (Lipinski definition) is 3. The summed E-state index contributed by atoms with van der Waals surface area (Å²) in [6, 6.07) is 0.526. The van der Waals surface area contributed by atoms with E-state index in [0.717, 1.165) is 38.5 Å². The molecule has 2 aliphatic rings. The van der Waals surface area contributed by atoms with Crippen molar-refractivity contribution in [2.75, 3.05) is 33.2 Å². The van der Waals surface area contributed by atoms with Gasteiger partial charge in [0.05, 0.1) is 13.1 Å². The summed E-state index contributed by atoms with van der Waals surface area (Å²) in [5.74, 6) is 0.781. The van der Waals surface area contributed by atoms with E-state index < -0.39 is 12.7 Å². The van der Waals surface area contributed by atoms with Gasteiger partial charge in [0.2, 0.25) is 5.91 Å². The number of nitrogens with one attached hydrogen (secondary N) is 3. The number of carbonyl (C=O) groups excluding carboxylic acids is 1. The van der Waals surface area contributed by atoms with Crippen molar-refractivity contribution in [3.05, 3.63) is 0 Å². The van der Waals surface area contributed by atoms with Crippen LogP contribution in [0.5, 0.6) is 0 Å². The van der Waals surface area contributed by atoms with Crippen molar-refractivity contribution >= 4 is 35.8 Å². The van der Waals surface area contributed by atoms with Gasteiger partial charge in [0, 0.05) is 31.1 Å². The van der Waals surface area contributed by atoms with Gasteiger partial charge in [-0.1, -0.05) is 6.42 Å². The highest BCUT2D eigenvalue weighted by atomic mass is 127. The summed E-state index contributed by atoms with van der Waals surface area (Å²) < 4.78 is 37.1. The van der Waals surface area contributed by atoms with E-state index in [9.17, 15) is 18.0 Å². The van der Waals surface area contributed by atoms with Crippen molar-refractivity contribution in [1.29, 1.82) is 0 Å². The van der Waals surface area contributed by atoms with Crippen molar-refractivity contribution in [1.82, 2.24) is 20.9 Å². The molecule has 2 atom stereocenters. The lowest BCUT2D eigenvalue weighted by molar-refractivity contribution is -0.142. The first-order chi connectivity index (χ1) is 12.8. The molecule has 2 saturated carbocycles. The van der Waals surface area contributed by atoms with Crippen molar-refractivity contribution < 1.29 is 18.0 Å². The first-order valence-electron chi connectivity index (χ1n) is 9.87. The molecule has 3 N–H and O–H groups in total. The third-order valence-electron chi connectivity index (χ3n) is 4.85. The Bertz CT molecular complexity index is 514. The van der Waals surface area contributed by atoms with E-state index in [2.05, 4.69) is 20.9 Å². The Morgan fingerprint density at radius 2 is 1.86 bits per heavy atom. The van der Waals surface area contributed by atoms with E-state index in [-0.39, 0.29) is 54.9 Å². The van der Waals surface area contributed by atoms with Crippen LogP contribution < -0.4 is 16.0 Å². The number of nitrogens with zero attached hydrogens (tertiary/aromatic N) is 2. The standard InChI is InChI=1S/C18H32F3N5O.HI/c1-3-22-17(23-9-10-26(2)12-18(19,20)21)25-15-6-4-5-13(11-15)16(27)24-14-7-8-14;/h13-15H,3-12H2,1-2H3,(H,24,27)(H2,22,23,25);1H. The fraction of sp³-hybridized carbons (Fsp3) is 0.889. The predicted octanol–water partition coefficient (Wildman–Crippen LogP) is 2.49. The molecule has 2 unspecified atom stereocenters. The number of likely N-dealkylation sites (N-methyl/N-ethyl adjacent to an activating group) is 1. The monoisotopic (exact) mass is 519 g/mol. The van der Waals surface area contributed by atoms with Gasteiger partial charge in [0.1, 0.15) is 0 Å². The summed E-state index contributed by atoms with van der Waals surface area (Å²) >= 11 is 0. The first kappa shape index (κ1) is 25.3. The number of rotatable bonds is 8. The maximum Gasteiger partial charge on any atom is 0.401 e. The van der Waals surface area contributed by atoms with Crippen LogP contribution in [0.25, 0.3) is 0 Å². The van der Waals surface area contributed by atoms with Crippen LogP contribution >= 0.6 is 24.0 Å². The topological polar surface area (TPSA) is 68.8 Å². The minimum atomic E-state index is -4.20. The number of guanidine groups is 1. The lowest BCUT2D eigenvalue weighted by Gasteiger charge is -2.30. The average Bonchev–Trinajstić information content (AvgIpc) is 3.37. The van der Waals surface area contributed by atoms with Crippen LogP contribution in [0.2, 0.25) is 0 Å². The quantitative estimate of drug-likeness (QED) is 0.262. The third kappa shape index (κ3) is 10.1. The maximum atomic E-state index is 12.4. The summed E-state index contributed by atoms with van der Waals surface area (Å²) in [5.41, 5.74) is 0. The Labute approximate surface area is 182 Å². The highest BCUT2D eigenvalue weighted by Gasteiger charge is 2.31. The van der Waals surface area contributed by atoms with Crippen LogP contribution in [0.4, 0.5) is 13.2 Å². The Morgan fingerprint density at radius 3 is 2.46 bits per heavy atom. The second kappa shape index (κ2) is 12.0. The van der Waals surface area contributed by atoms with E-state index in [1.54, 1.807) is 0 Å². The van der Waals surface area contributed by atoms with Crippen LogP contribution in [0.3, 0.4) is 0 Å². The van der Waals surface area contributed by atoms with Crippen LogP contribution in [-0.2, 0) is 4.79 Å². The van der Waals surface area contributed by atoms with E-state index in [1.807, 2.05) is 6.92 Å². The summed E-state index contributed by atoms with van der Waals surface area (Å²) in [6.07, 6.45) is 1.59. The molecule has 2 fully saturated rings. The van der Waals surface area contributed by atoms with Crippen molar-refractivity contribution in [3.8, 4) is 0 Å². The molecule has 6 nitrogen and oxygen atoms in total. The van der Waals surface area contributed by atoms with Gasteiger partial charge >= 0.3 is 6.18 Å². The van der Waals surface area contributed by atoms with E-state index in [1.165, 1.54) is 11.9 Å². The molecule has 0 bridgehead atoms. The van der Waals surface area contributed by atoms with Crippen molar-refractivity contribution in [3.63, 3.8) is 0 Å². The van der Waals surface area contributed by atoms with Crippen molar-refractivity contribution in [2.45, 2.75) is 63.7 Å². The maximum absolute atomic E-state index is 12.4. The summed E-state index contributed by atoms with van der Waals surface area (Å²) in [6.45, 7) is 2.18. The normalized spacial score (nSPS) is 23.1. The third-order valence-corrected chi connectivity index (χ3v) is 4.85. The molecule has 1 amide bonds. The number of hydrogen-bond acceptors (Lipinski definition) is 3. The minimum absolute atomic E-state index is 0. The van der Waals surface area contributed by atoms with E-state index >= 15 is 0 Å². The average molecular weight is 519 g/mol. The number of alkyl halides is 3. The number of halogens is 4. The first-order valence-corrected chi connectivity index (χ1v) is 9.87.